The molecule has 1 rings (SSSR count). The number of aliphatic hydroxyl groups is 1. The molecule has 0 spiro atoms. The molecule has 1 aliphatic carbocycles. The molecule has 0 saturated carbocycles. The molecule has 0 bridgehead atoms. The van der Waals surface area contributed by atoms with Gasteiger partial charge in [-0.15, -0.1) is 0 Å². The fourth-order valence-electron chi connectivity index (χ4n) is 2.23. The highest BCUT2D eigenvalue weighted by molar-refractivity contribution is 5.08. The lowest BCUT2D eigenvalue weighted by molar-refractivity contribution is 0.0970. The van der Waals surface area contributed by atoms with Crippen molar-refractivity contribution in [2.24, 2.45) is 5.92 Å². The molecule has 0 fully saturated rings. The van der Waals surface area contributed by atoms with E-state index in [4.69, 9.17) is 0 Å². The molecule has 0 aromatic rings. The Morgan fingerprint density at radius 3 is 2.77 bits per heavy atom. The molecule has 0 amide bonds. The molecular weight excluding hydrogens is 160 g/mol. The molecule has 2 unspecified atom stereocenters. The van der Waals surface area contributed by atoms with Crippen LogP contribution in [0.15, 0.2) is 11.6 Å². The lowest BCUT2D eigenvalue weighted by Gasteiger charge is -2.27. The van der Waals surface area contributed by atoms with Crippen molar-refractivity contribution in [3.8, 4) is 0 Å². The quantitative estimate of drug-likeness (QED) is 0.661. The van der Waals surface area contributed by atoms with Gasteiger partial charge in [0.25, 0.3) is 0 Å². The van der Waals surface area contributed by atoms with E-state index in [1.807, 2.05) is 0 Å². The van der Waals surface area contributed by atoms with Crippen molar-refractivity contribution in [2.45, 2.75) is 58.5 Å². The van der Waals surface area contributed by atoms with Crippen molar-refractivity contribution in [3.63, 3.8) is 0 Å². The Labute approximate surface area is 81.9 Å². The zero-order valence-electron chi connectivity index (χ0n) is 8.92. The van der Waals surface area contributed by atoms with Gasteiger partial charge in [0, 0.05) is 0 Å². The Morgan fingerprint density at radius 2 is 2.15 bits per heavy atom. The largest absolute Gasteiger partial charge is 0.393 e. The first-order chi connectivity index (χ1) is 6.27. The van der Waals surface area contributed by atoms with E-state index in [2.05, 4.69) is 19.9 Å². The van der Waals surface area contributed by atoms with Crippen molar-refractivity contribution < 1.29 is 5.11 Å². The number of aliphatic hydroxyl groups excluding tert-OH is 1. The SMILES string of the molecule is CCCC1=CCC(O)C(CCC)C1. The van der Waals surface area contributed by atoms with Gasteiger partial charge in [0.15, 0.2) is 0 Å². The number of allylic oxidation sites excluding steroid dienone is 1. The van der Waals surface area contributed by atoms with Crippen LogP contribution in [-0.4, -0.2) is 11.2 Å². The van der Waals surface area contributed by atoms with Gasteiger partial charge in [-0.1, -0.05) is 38.3 Å². The maximum absolute atomic E-state index is 9.74. The minimum atomic E-state index is -0.0689. The minimum Gasteiger partial charge on any atom is -0.393 e. The average Bonchev–Trinajstić information content (AvgIpc) is 2.12. The molecule has 1 N–H and O–H groups in total. The zero-order valence-corrected chi connectivity index (χ0v) is 8.92. The second-order valence-corrected chi connectivity index (χ2v) is 4.17. The van der Waals surface area contributed by atoms with Crippen molar-refractivity contribution >= 4 is 0 Å². The Hall–Kier alpha value is -0.300. The lowest BCUT2D eigenvalue weighted by atomic mass is 9.82. The first-order valence-electron chi connectivity index (χ1n) is 5.63. The van der Waals surface area contributed by atoms with E-state index in [1.165, 1.54) is 25.7 Å². The van der Waals surface area contributed by atoms with Crippen LogP contribution in [0.1, 0.15) is 52.4 Å². The van der Waals surface area contributed by atoms with Crippen LogP contribution < -0.4 is 0 Å². The number of hydrogen-bond acceptors (Lipinski definition) is 1. The van der Waals surface area contributed by atoms with E-state index in [0.29, 0.717) is 5.92 Å². The van der Waals surface area contributed by atoms with Crippen molar-refractivity contribution in [1.29, 1.82) is 0 Å². The molecule has 0 aromatic carbocycles. The third kappa shape index (κ3) is 3.15. The van der Waals surface area contributed by atoms with E-state index in [9.17, 15) is 5.11 Å². The first-order valence-corrected chi connectivity index (χ1v) is 5.63. The number of rotatable bonds is 4. The smallest absolute Gasteiger partial charge is 0.0605 e. The van der Waals surface area contributed by atoms with Gasteiger partial charge in [0.1, 0.15) is 0 Å². The van der Waals surface area contributed by atoms with Crippen LogP contribution in [0.4, 0.5) is 0 Å². The Bertz CT molecular complexity index is 172. The molecule has 1 nitrogen and oxygen atoms in total. The molecule has 0 aromatic heterocycles. The summed E-state index contributed by atoms with van der Waals surface area (Å²) in [5.74, 6) is 0.538. The van der Waals surface area contributed by atoms with E-state index >= 15 is 0 Å². The minimum absolute atomic E-state index is 0.0689. The van der Waals surface area contributed by atoms with Gasteiger partial charge >= 0.3 is 0 Å². The number of hydrogen-bond donors (Lipinski definition) is 1. The maximum Gasteiger partial charge on any atom is 0.0605 e. The maximum atomic E-state index is 9.74. The van der Waals surface area contributed by atoms with Crippen LogP contribution in [0, 0.1) is 5.92 Å². The predicted octanol–water partition coefficient (Wildman–Crippen LogP) is 3.28. The van der Waals surface area contributed by atoms with Gasteiger partial charge in [-0.3, -0.25) is 0 Å². The van der Waals surface area contributed by atoms with Crippen LogP contribution in [0.3, 0.4) is 0 Å². The molecule has 0 aliphatic heterocycles. The van der Waals surface area contributed by atoms with Crippen molar-refractivity contribution in [1.82, 2.24) is 0 Å². The van der Waals surface area contributed by atoms with Crippen LogP contribution in [0.25, 0.3) is 0 Å². The van der Waals surface area contributed by atoms with Gasteiger partial charge in [-0.05, 0) is 31.6 Å². The lowest BCUT2D eigenvalue weighted by Crippen LogP contribution is -2.23. The van der Waals surface area contributed by atoms with Gasteiger partial charge in [0.2, 0.25) is 0 Å². The van der Waals surface area contributed by atoms with Crippen molar-refractivity contribution in [2.75, 3.05) is 0 Å². The van der Waals surface area contributed by atoms with Gasteiger partial charge in [0.05, 0.1) is 6.10 Å². The zero-order chi connectivity index (χ0) is 9.68. The Kier molecular flexibility index (Phi) is 4.51. The molecule has 0 heterocycles. The fourth-order valence-corrected chi connectivity index (χ4v) is 2.23. The van der Waals surface area contributed by atoms with E-state index in [-0.39, 0.29) is 6.10 Å². The third-order valence-corrected chi connectivity index (χ3v) is 2.95. The standard InChI is InChI=1S/C12H22O/c1-3-5-10-7-8-12(13)11(9-10)6-4-2/h7,11-13H,3-6,8-9H2,1-2H3. The van der Waals surface area contributed by atoms with E-state index in [0.717, 1.165) is 12.8 Å². The van der Waals surface area contributed by atoms with Gasteiger partial charge < -0.3 is 5.11 Å². The normalized spacial score (nSPS) is 28.7. The second-order valence-electron chi connectivity index (χ2n) is 4.17. The molecule has 0 saturated heterocycles. The topological polar surface area (TPSA) is 20.2 Å². The Balaban J connectivity index is 2.45. The van der Waals surface area contributed by atoms with Crippen LogP contribution in [-0.2, 0) is 0 Å². The highest BCUT2D eigenvalue weighted by atomic mass is 16.3. The molecule has 1 aliphatic rings. The molecule has 1 heteroatoms. The highest BCUT2D eigenvalue weighted by Crippen LogP contribution is 2.30. The summed E-state index contributed by atoms with van der Waals surface area (Å²) in [6.45, 7) is 4.42. The summed E-state index contributed by atoms with van der Waals surface area (Å²) in [5.41, 5.74) is 1.58. The summed E-state index contributed by atoms with van der Waals surface area (Å²) in [5, 5.41) is 9.74. The molecular formula is C12H22O. The van der Waals surface area contributed by atoms with Crippen molar-refractivity contribution in [3.05, 3.63) is 11.6 Å². The molecule has 0 radical (unpaired) electrons. The van der Waals surface area contributed by atoms with Crippen LogP contribution in [0.5, 0.6) is 0 Å². The van der Waals surface area contributed by atoms with E-state index in [1.54, 1.807) is 5.57 Å². The molecule has 76 valence electrons. The van der Waals surface area contributed by atoms with Crippen LogP contribution >= 0.6 is 0 Å². The van der Waals surface area contributed by atoms with Gasteiger partial charge in [-0.2, -0.15) is 0 Å². The van der Waals surface area contributed by atoms with Crippen LogP contribution in [0.2, 0.25) is 0 Å². The van der Waals surface area contributed by atoms with Gasteiger partial charge in [-0.25, -0.2) is 0 Å². The molecule has 13 heavy (non-hydrogen) atoms. The summed E-state index contributed by atoms with van der Waals surface area (Å²) in [4.78, 5) is 0. The summed E-state index contributed by atoms with van der Waals surface area (Å²) in [6.07, 6.45) is 9.06. The monoisotopic (exact) mass is 182 g/mol. The average molecular weight is 182 g/mol. The summed E-state index contributed by atoms with van der Waals surface area (Å²) in [7, 11) is 0. The summed E-state index contributed by atoms with van der Waals surface area (Å²) in [6, 6.07) is 0. The Morgan fingerprint density at radius 1 is 1.38 bits per heavy atom. The fraction of sp³-hybridized carbons (Fsp3) is 0.833. The molecule has 2 atom stereocenters. The summed E-state index contributed by atoms with van der Waals surface area (Å²) < 4.78 is 0. The van der Waals surface area contributed by atoms with E-state index < -0.39 is 0 Å². The third-order valence-electron chi connectivity index (χ3n) is 2.95. The second kappa shape index (κ2) is 5.43. The highest BCUT2D eigenvalue weighted by Gasteiger charge is 2.22. The summed E-state index contributed by atoms with van der Waals surface area (Å²) >= 11 is 0. The first kappa shape index (κ1) is 10.8. The predicted molar refractivity (Wildman–Crippen MR) is 56.6 cm³/mol.